The molecule has 7 heteroatoms. The second-order valence-corrected chi connectivity index (χ2v) is 7.40. The van der Waals surface area contributed by atoms with E-state index in [0.717, 1.165) is 43.3 Å². The molecule has 0 aromatic carbocycles. The second-order valence-electron chi connectivity index (χ2n) is 7.40. The minimum absolute atomic E-state index is 0.175. The Morgan fingerprint density at radius 2 is 2.00 bits per heavy atom. The van der Waals surface area contributed by atoms with Gasteiger partial charge in [-0.2, -0.15) is 0 Å². The van der Waals surface area contributed by atoms with Crippen molar-refractivity contribution in [2.75, 3.05) is 31.1 Å². The molecule has 2 aromatic rings. The van der Waals surface area contributed by atoms with Crippen molar-refractivity contribution in [3.05, 3.63) is 51.8 Å². The number of anilines is 1. The summed E-state index contributed by atoms with van der Waals surface area (Å²) in [6.07, 6.45) is 5.85. The zero-order valence-electron chi connectivity index (χ0n) is 15.6. The lowest BCUT2D eigenvalue weighted by atomic mass is 9.94. The molecule has 4 heterocycles. The van der Waals surface area contributed by atoms with Gasteiger partial charge >= 0.3 is 0 Å². The van der Waals surface area contributed by atoms with Crippen LogP contribution in [0.1, 0.15) is 53.5 Å². The molecule has 2 aliphatic heterocycles. The van der Waals surface area contributed by atoms with Crippen LogP contribution in [-0.4, -0.2) is 51.9 Å². The van der Waals surface area contributed by atoms with E-state index in [1.807, 2.05) is 6.92 Å². The van der Waals surface area contributed by atoms with Crippen molar-refractivity contribution in [2.24, 2.45) is 0 Å². The summed E-state index contributed by atoms with van der Waals surface area (Å²) in [6.45, 7) is 5.28. The molecule has 142 valence electrons. The Morgan fingerprint density at radius 3 is 2.78 bits per heavy atom. The largest absolute Gasteiger partial charge is 0.357 e. The Morgan fingerprint density at radius 1 is 1.19 bits per heavy atom. The summed E-state index contributed by atoms with van der Waals surface area (Å²) < 4.78 is 0. The van der Waals surface area contributed by atoms with Crippen LogP contribution in [0.2, 0.25) is 0 Å². The highest BCUT2D eigenvalue weighted by Gasteiger charge is 2.28. The number of likely N-dealkylation sites (tertiary alicyclic amines) is 1. The van der Waals surface area contributed by atoms with Gasteiger partial charge in [0.15, 0.2) is 0 Å². The number of aromatic amines is 1. The first kappa shape index (κ1) is 17.7. The van der Waals surface area contributed by atoms with E-state index < -0.39 is 0 Å². The smallest absolute Gasteiger partial charge is 0.260 e. The molecule has 0 unspecified atom stereocenters. The van der Waals surface area contributed by atoms with Gasteiger partial charge in [-0.15, -0.1) is 0 Å². The average molecular weight is 367 g/mol. The van der Waals surface area contributed by atoms with Crippen molar-refractivity contribution in [1.29, 1.82) is 0 Å². The summed E-state index contributed by atoms with van der Waals surface area (Å²) in [4.78, 5) is 40.7. The number of carbonyl (C=O) groups excluding carboxylic acids is 1. The maximum Gasteiger partial charge on any atom is 0.260 e. The number of nitrogens with zero attached hydrogens (tertiary/aromatic N) is 4. The molecule has 1 N–H and O–H groups in total. The van der Waals surface area contributed by atoms with E-state index in [9.17, 15) is 9.59 Å². The molecule has 2 aliphatic rings. The van der Waals surface area contributed by atoms with Crippen LogP contribution in [0.15, 0.2) is 29.2 Å². The monoisotopic (exact) mass is 367 g/mol. The van der Waals surface area contributed by atoms with Gasteiger partial charge in [-0.05, 0) is 44.7 Å². The van der Waals surface area contributed by atoms with Crippen LogP contribution in [0.25, 0.3) is 0 Å². The summed E-state index contributed by atoms with van der Waals surface area (Å²) in [7, 11) is 0. The molecule has 1 atom stereocenters. The summed E-state index contributed by atoms with van der Waals surface area (Å²) in [5.41, 5.74) is 0.873. The number of carbonyl (C=O) groups is 1. The molecule has 27 heavy (non-hydrogen) atoms. The molecular formula is C20H25N5O2. The van der Waals surface area contributed by atoms with Gasteiger partial charge < -0.3 is 14.8 Å². The Hall–Kier alpha value is -2.70. The predicted molar refractivity (Wildman–Crippen MR) is 103 cm³/mol. The van der Waals surface area contributed by atoms with Gasteiger partial charge in [0.25, 0.3) is 11.5 Å². The lowest BCUT2D eigenvalue weighted by Crippen LogP contribution is -2.41. The van der Waals surface area contributed by atoms with E-state index in [1.165, 1.54) is 12.8 Å². The standard InChI is InChI=1S/C20H25N5O2/c1-14-22-17(12-18(23-14)24-9-2-3-10-24)15-6-5-11-25(13-15)20(27)16-7-4-8-21-19(16)26/h4,7-8,12,15H,2-3,5-6,9-11,13H2,1H3,(H,21,26)/t15-/m0/s1. The number of H-pyrrole nitrogens is 1. The summed E-state index contributed by atoms with van der Waals surface area (Å²) >= 11 is 0. The molecule has 0 bridgehead atoms. The first-order chi connectivity index (χ1) is 13.1. The van der Waals surface area contributed by atoms with Crippen LogP contribution >= 0.6 is 0 Å². The van der Waals surface area contributed by atoms with Gasteiger partial charge in [0.1, 0.15) is 17.2 Å². The molecular weight excluding hydrogens is 342 g/mol. The van der Waals surface area contributed by atoms with Gasteiger partial charge in [-0.25, -0.2) is 9.97 Å². The highest BCUT2D eigenvalue weighted by atomic mass is 16.2. The van der Waals surface area contributed by atoms with E-state index in [2.05, 4.69) is 25.9 Å². The maximum absolute atomic E-state index is 12.8. The Kier molecular flexibility index (Phi) is 4.92. The van der Waals surface area contributed by atoms with Crippen molar-refractivity contribution < 1.29 is 4.79 Å². The average Bonchev–Trinajstić information content (AvgIpc) is 3.22. The summed E-state index contributed by atoms with van der Waals surface area (Å²) in [5, 5.41) is 0. The highest BCUT2D eigenvalue weighted by molar-refractivity contribution is 5.93. The number of hydrogen-bond acceptors (Lipinski definition) is 5. The number of aryl methyl sites for hydroxylation is 1. The number of hydrogen-bond donors (Lipinski definition) is 1. The minimum atomic E-state index is -0.334. The minimum Gasteiger partial charge on any atom is -0.357 e. The molecule has 2 saturated heterocycles. The topological polar surface area (TPSA) is 82.2 Å². The third kappa shape index (κ3) is 3.72. The van der Waals surface area contributed by atoms with Crippen LogP contribution in [0.5, 0.6) is 0 Å². The van der Waals surface area contributed by atoms with Crippen LogP contribution < -0.4 is 10.5 Å². The van der Waals surface area contributed by atoms with E-state index in [0.29, 0.717) is 13.1 Å². The molecule has 0 radical (unpaired) electrons. The van der Waals surface area contributed by atoms with Crippen molar-refractivity contribution in [1.82, 2.24) is 19.9 Å². The van der Waals surface area contributed by atoms with Crippen molar-refractivity contribution >= 4 is 11.7 Å². The fraction of sp³-hybridized carbons (Fsp3) is 0.500. The molecule has 1 amide bonds. The molecule has 0 spiro atoms. The van der Waals surface area contributed by atoms with Gasteiger partial charge in [-0.3, -0.25) is 9.59 Å². The summed E-state index contributed by atoms with van der Waals surface area (Å²) in [6, 6.07) is 5.36. The first-order valence-corrected chi connectivity index (χ1v) is 9.69. The van der Waals surface area contributed by atoms with Crippen LogP contribution in [0.3, 0.4) is 0 Å². The fourth-order valence-corrected chi connectivity index (χ4v) is 4.06. The molecule has 0 aliphatic carbocycles. The Balaban J connectivity index is 1.55. The van der Waals surface area contributed by atoms with E-state index in [1.54, 1.807) is 23.2 Å². The van der Waals surface area contributed by atoms with E-state index in [4.69, 9.17) is 0 Å². The number of rotatable bonds is 3. The van der Waals surface area contributed by atoms with Crippen LogP contribution in [0.4, 0.5) is 5.82 Å². The fourth-order valence-electron chi connectivity index (χ4n) is 4.06. The van der Waals surface area contributed by atoms with Crippen LogP contribution in [-0.2, 0) is 0 Å². The third-order valence-corrected chi connectivity index (χ3v) is 5.45. The zero-order valence-corrected chi connectivity index (χ0v) is 15.6. The molecule has 2 aromatic heterocycles. The Labute approximate surface area is 158 Å². The lowest BCUT2D eigenvalue weighted by Gasteiger charge is -2.32. The van der Waals surface area contributed by atoms with Gasteiger partial charge in [0.05, 0.1) is 5.69 Å². The molecule has 2 fully saturated rings. The zero-order chi connectivity index (χ0) is 18.8. The second kappa shape index (κ2) is 7.50. The number of amides is 1. The maximum atomic E-state index is 12.8. The van der Waals surface area contributed by atoms with Gasteiger partial charge in [-0.1, -0.05) is 0 Å². The van der Waals surface area contributed by atoms with Crippen LogP contribution in [0, 0.1) is 6.92 Å². The van der Waals surface area contributed by atoms with Crippen molar-refractivity contribution in [3.63, 3.8) is 0 Å². The number of pyridine rings is 1. The molecule has 4 rings (SSSR count). The lowest BCUT2D eigenvalue weighted by molar-refractivity contribution is 0.0704. The van der Waals surface area contributed by atoms with E-state index >= 15 is 0 Å². The van der Waals surface area contributed by atoms with Gasteiger partial charge in [0.2, 0.25) is 0 Å². The first-order valence-electron chi connectivity index (χ1n) is 9.69. The van der Waals surface area contributed by atoms with Crippen molar-refractivity contribution in [3.8, 4) is 0 Å². The quantitative estimate of drug-likeness (QED) is 0.898. The normalized spacial score (nSPS) is 20.1. The highest BCUT2D eigenvalue weighted by Crippen LogP contribution is 2.29. The van der Waals surface area contributed by atoms with Crippen molar-refractivity contribution in [2.45, 2.75) is 38.5 Å². The predicted octanol–water partition coefficient (Wildman–Crippen LogP) is 2.09. The number of nitrogens with one attached hydrogen (secondary N) is 1. The number of piperidine rings is 1. The summed E-state index contributed by atoms with van der Waals surface area (Å²) in [5.74, 6) is 1.75. The van der Waals surface area contributed by atoms with Gasteiger partial charge in [0, 0.05) is 44.4 Å². The Bertz CT molecular complexity index is 888. The number of aromatic nitrogens is 3. The molecule has 0 saturated carbocycles. The van der Waals surface area contributed by atoms with E-state index in [-0.39, 0.29) is 22.9 Å². The SMILES string of the molecule is Cc1nc([C@H]2CCCN(C(=O)c3ccc[nH]c3=O)C2)cc(N2CCCC2)n1. The molecule has 7 nitrogen and oxygen atoms in total. The third-order valence-electron chi connectivity index (χ3n) is 5.45.